The summed E-state index contributed by atoms with van der Waals surface area (Å²) in [5.74, 6) is 0. The molecule has 0 spiro atoms. The molecule has 0 atom stereocenters. The van der Waals surface area contributed by atoms with Crippen molar-refractivity contribution in [3.05, 3.63) is 47.6 Å². The van der Waals surface area contributed by atoms with Crippen LogP contribution in [0.2, 0.25) is 3.12 Å². The molecule has 0 aromatic rings. The number of halogens is 1. The minimum absolute atomic E-state index is 0. The Kier molecular flexibility index (Phi) is 4.16. The zero-order valence-corrected chi connectivity index (χ0v) is 11.6. The van der Waals surface area contributed by atoms with Crippen LogP contribution in [0.15, 0.2) is 47.6 Å². The molecule has 2 aliphatic carbocycles. The van der Waals surface area contributed by atoms with Gasteiger partial charge in [-0.2, -0.15) is 0 Å². The van der Waals surface area contributed by atoms with E-state index in [0.717, 1.165) is 12.8 Å². The minimum Gasteiger partial charge on any atom is -0.147 e. The number of hydrogen-bond acceptors (Lipinski definition) is 0. The molecule has 0 amide bonds. The fourth-order valence-electron chi connectivity index (χ4n) is 1.84. The predicted molar refractivity (Wildman–Crippen MR) is 59.3 cm³/mol. The third kappa shape index (κ3) is 2.20. The fraction of sp³-hybridized carbons (Fsp3) is 0.333. The van der Waals surface area contributed by atoms with Crippen LogP contribution >= 0.6 is 12.4 Å². The third-order valence-corrected chi connectivity index (χ3v) is 4.41. The fourth-order valence-corrected chi connectivity index (χ4v) is 2.75. The van der Waals surface area contributed by atoms with E-state index in [1.54, 1.807) is 35.9 Å². The van der Waals surface area contributed by atoms with Crippen molar-refractivity contribution in [2.75, 3.05) is 0 Å². The molecule has 2 rings (SSSR count). The zero-order valence-electron chi connectivity index (χ0n) is 8.29. The minimum atomic E-state index is 0. The third-order valence-electron chi connectivity index (χ3n) is 2.83. The van der Waals surface area contributed by atoms with Crippen LogP contribution in [0, 0.1) is 0 Å². The standard InChI is InChI=1S/C12H13.ClH.Zr/c1-10(11-6-2-3-7-11)12-8-4-5-9-12;;/h2-6,8H,7,9H2,1H3;1H;. The van der Waals surface area contributed by atoms with Crippen molar-refractivity contribution >= 4 is 12.4 Å². The van der Waals surface area contributed by atoms with Gasteiger partial charge in [0.25, 0.3) is 0 Å². The first-order valence-electron chi connectivity index (χ1n) is 4.68. The van der Waals surface area contributed by atoms with E-state index in [0.29, 0.717) is 3.12 Å². The van der Waals surface area contributed by atoms with Crippen molar-refractivity contribution in [1.29, 1.82) is 0 Å². The first-order chi connectivity index (χ1) is 6.21. The van der Waals surface area contributed by atoms with Gasteiger partial charge in [-0.05, 0) is 0 Å². The SMILES string of the molecule is C[C]([Zr])(C1=CC=CC1)C1=CC=CC1.Cl. The molecule has 0 saturated carbocycles. The maximum atomic E-state index is 2.36. The molecule has 2 heteroatoms. The van der Waals surface area contributed by atoms with Gasteiger partial charge >= 0.3 is 95.2 Å². The van der Waals surface area contributed by atoms with Gasteiger partial charge in [0.05, 0.1) is 0 Å². The normalized spacial score (nSPS) is 19.1. The van der Waals surface area contributed by atoms with Crippen LogP contribution in [-0.2, 0) is 24.7 Å². The van der Waals surface area contributed by atoms with Gasteiger partial charge in [0, 0.05) is 0 Å². The Morgan fingerprint density at radius 3 is 1.79 bits per heavy atom. The Hall–Kier alpha value is 0.133. The van der Waals surface area contributed by atoms with Gasteiger partial charge in [0.15, 0.2) is 0 Å². The second kappa shape index (κ2) is 4.77. The summed E-state index contributed by atoms with van der Waals surface area (Å²) >= 11 is 1.61. The van der Waals surface area contributed by atoms with Gasteiger partial charge in [0.1, 0.15) is 0 Å². The van der Waals surface area contributed by atoms with Crippen LogP contribution in [0.4, 0.5) is 0 Å². The molecule has 2 aliphatic rings. The maximum Gasteiger partial charge on any atom is -0.147 e. The summed E-state index contributed by atoms with van der Waals surface area (Å²) in [5, 5.41) is 0. The average Bonchev–Trinajstić information content (AvgIpc) is 2.78. The largest absolute Gasteiger partial charge is 0.147 e. The van der Waals surface area contributed by atoms with E-state index in [2.05, 4.69) is 43.4 Å². The van der Waals surface area contributed by atoms with E-state index in [4.69, 9.17) is 0 Å². The molecule has 0 aromatic carbocycles. The second-order valence-electron chi connectivity index (χ2n) is 3.77. The molecule has 0 aromatic heterocycles. The van der Waals surface area contributed by atoms with Gasteiger partial charge in [0.2, 0.25) is 0 Å². The van der Waals surface area contributed by atoms with Crippen LogP contribution in [0.3, 0.4) is 0 Å². The van der Waals surface area contributed by atoms with Crippen molar-refractivity contribution in [3.63, 3.8) is 0 Å². The first-order valence-corrected chi connectivity index (χ1v) is 5.91. The molecule has 0 saturated heterocycles. The summed E-state index contributed by atoms with van der Waals surface area (Å²) in [6, 6.07) is 0. The molecule has 0 heterocycles. The molecular formula is C12H14ClZr. The molecule has 0 nitrogen and oxygen atoms in total. The maximum absolute atomic E-state index is 2.36. The molecule has 0 N–H and O–H groups in total. The van der Waals surface area contributed by atoms with Gasteiger partial charge in [-0.15, -0.1) is 12.4 Å². The van der Waals surface area contributed by atoms with E-state index in [1.807, 2.05) is 0 Å². The number of hydrogen-bond donors (Lipinski definition) is 0. The van der Waals surface area contributed by atoms with Crippen LogP contribution in [0.1, 0.15) is 19.8 Å². The quantitative estimate of drug-likeness (QED) is 0.721. The topological polar surface area (TPSA) is 0 Å². The van der Waals surface area contributed by atoms with Crippen molar-refractivity contribution in [3.8, 4) is 0 Å². The van der Waals surface area contributed by atoms with Gasteiger partial charge in [-0.3, -0.25) is 0 Å². The molecule has 14 heavy (non-hydrogen) atoms. The molecule has 0 unspecified atom stereocenters. The number of rotatable bonds is 2. The van der Waals surface area contributed by atoms with E-state index in [9.17, 15) is 0 Å². The van der Waals surface area contributed by atoms with Gasteiger partial charge < -0.3 is 0 Å². The summed E-state index contributed by atoms with van der Waals surface area (Å²) in [4.78, 5) is 0. The predicted octanol–water partition coefficient (Wildman–Crippen LogP) is 3.91. The van der Waals surface area contributed by atoms with Crippen LogP contribution in [0.25, 0.3) is 0 Å². The molecule has 0 fully saturated rings. The first kappa shape index (κ1) is 12.2. The van der Waals surface area contributed by atoms with Crippen LogP contribution in [0.5, 0.6) is 0 Å². The Balaban J connectivity index is 0.000000980. The average molecular weight is 285 g/mol. The van der Waals surface area contributed by atoms with Gasteiger partial charge in [-0.1, -0.05) is 0 Å². The number of allylic oxidation sites excluding steroid dienone is 8. The molecule has 0 aliphatic heterocycles. The molecule has 0 radical (unpaired) electrons. The van der Waals surface area contributed by atoms with E-state index in [-0.39, 0.29) is 12.4 Å². The van der Waals surface area contributed by atoms with Crippen molar-refractivity contribution in [2.24, 2.45) is 0 Å². The molecule has 73 valence electrons. The van der Waals surface area contributed by atoms with Crippen molar-refractivity contribution in [2.45, 2.75) is 22.9 Å². The van der Waals surface area contributed by atoms with E-state index in [1.165, 1.54) is 0 Å². The Labute approximate surface area is 107 Å². The molecule has 0 bridgehead atoms. The van der Waals surface area contributed by atoms with Crippen molar-refractivity contribution < 1.29 is 24.7 Å². The van der Waals surface area contributed by atoms with E-state index >= 15 is 0 Å². The Morgan fingerprint density at radius 1 is 1.07 bits per heavy atom. The summed E-state index contributed by atoms with van der Waals surface area (Å²) in [6.07, 6.45) is 15.7. The summed E-state index contributed by atoms with van der Waals surface area (Å²) in [5.41, 5.74) is 3.17. The zero-order chi connectivity index (χ0) is 9.31. The monoisotopic (exact) mass is 283 g/mol. The Bertz CT molecular complexity index is 300. The second-order valence-corrected chi connectivity index (χ2v) is 6.23. The molecular weight excluding hydrogens is 271 g/mol. The van der Waals surface area contributed by atoms with Crippen LogP contribution < -0.4 is 0 Å². The summed E-state index contributed by atoms with van der Waals surface area (Å²) in [7, 11) is 0. The van der Waals surface area contributed by atoms with E-state index < -0.39 is 0 Å². The summed E-state index contributed by atoms with van der Waals surface area (Å²) in [6.45, 7) is 2.36. The van der Waals surface area contributed by atoms with Gasteiger partial charge in [-0.25, -0.2) is 0 Å². The summed E-state index contributed by atoms with van der Waals surface area (Å²) < 4.78 is 0.347. The Morgan fingerprint density at radius 2 is 1.50 bits per heavy atom. The smallest absolute Gasteiger partial charge is 0.147 e. The van der Waals surface area contributed by atoms with Crippen molar-refractivity contribution in [1.82, 2.24) is 0 Å². The van der Waals surface area contributed by atoms with Crippen LogP contribution in [-0.4, -0.2) is 0 Å².